The molecular formula is C17H27FN2. The van der Waals surface area contributed by atoms with E-state index in [-0.39, 0.29) is 11.4 Å². The summed E-state index contributed by atoms with van der Waals surface area (Å²) in [6, 6.07) is 6.98. The first-order valence-electron chi connectivity index (χ1n) is 7.51. The highest BCUT2D eigenvalue weighted by atomic mass is 19.1. The van der Waals surface area contributed by atoms with E-state index in [0.29, 0.717) is 23.6 Å². The maximum absolute atomic E-state index is 14.1. The summed E-state index contributed by atoms with van der Waals surface area (Å²) in [5.41, 5.74) is 7.01. The molecule has 1 fully saturated rings. The molecule has 3 heteroatoms. The van der Waals surface area contributed by atoms with Crippen LogP contribution in [-0.2, 0) is 0 Å². The largest absolute Gasteiger partial charge is 0.365 e. The number of anilines is 1. The quantitative estimate of drug-likeness (QED) is 0.911. The summed E-state index contributed by atoms with van der Waals surface area (Å²) < 4.78 is 14.1. The molecule has 20 heavy (non-hydrogen) atoms. The zero-order chi connectivity index (χ0) is 15.0. The molecule has 1 aromatic rings. The summed E-state index contributed by atoms with van der Waals surface area (Å²) in [4.78, 5) is 2.09. The van der Waals surface area contributed by atoms with Gasteiger partial charge in [-0.25, -0.2) is 4.39 Å². The van der Waals surface area contributed by atoms with Crippen molar-refractivity contribution in [1.29, 1.82) is 0 Å². The highest BCUT2D eigenvalue weighted by Gasteiger charge is 2.46. The van der Waals surface area contributed by atoms with Crippen LogP contribution in [0.3, 0.4) is 0 Å². The lowest BCUT2D eigenvalue weighted by Gasteiger charge is -2.53. The van der Waals surface area contributed by atoms with Gasteiger partial charge in [-0.15, -0.1) is 0 Å². The molecule has 2 unspecified atom stereocenters. The third-order valence-corrected chi connectivity index (χ3v) is 5.25. The fraction of sp³-hybridized carbons (Fsp3) is 0.647. The average molecular weight is 278 g/mol. The van der Waals surface area contributed by atoms with Gasteiger partial charge in [0.15, 0.2) is 0 Å². The summed E-state index contributed by atoms with van der Waals surface area (Å²) in [5, 5.41) is 0. The number of nitrogens with zero attached hydrogens (tertiary/aromatic N) is 1. The van der Waals surface area contributed by atoms with E-state index in [1.807, 2.05) is 19.2 Å². The molecule has 0 aromatic heterocycles. The SMILES string of the molecule is CC1CC(C)(C)CCC1(CN)N(C)c1ccccc1F. The van der Waals surface area contributed by atoms with Crippen molar-refractivity contribution in [3.8, 4) is 0 Å². The molecule has 0 radical (unpaired) electrons. The molecule has 1 aliphatic carbocycles. The van der Waals surface area contributed by atoms with Crippen molar-refractivity contribution in [2.24, 2.45) is 17.1 Å². The first kappa shape index (κ1) is 15.3. The van der Waals surface area contributed by atoms with Crippen LogP contribution in [0.15, 0.2) is 24.3 Å². The Hall–Kier alpha value is -1.09. The minimum Gasteiger partial charge on any atom is -0.365 e. The van der Waals surface area contributed by atoms with E-state index in [1.165, 1.54) is 6.07 Å². The lowest BCUT2D eigenvalue weighted by molar-refractivity contribution is 0.103. The van der Waals surface area contributed by atoms with E-state index in [1.54, 1.807) is 6.07 Å². The number of likely N-dealkylation sites (N-methyl/N-ethyl adjacent to an activating group) is 1. The van der Waals surface area contributed by atoms with Gasteiger partial charge in [0.25, 0.3) is 0 Å². The normalized spacial score (nSPS) is 29.2. The van der Waals surface area contributed by atoms with Crippen LogP contribution in [0.4, 0.5) is 10.1 Å². The van der Waals surface area contributed by atoms with E-state index < -0.39 is 0 Å². The Morgan fingerprint density at radius 1 is 1.30 bits per heavy atom. The van der Waals surface area contributed by atoms with Gasteiger partial charge in [-0.2, -0.15) is 0 Å². The first-order valence-corrected chi connectivity index (χ1v) is 7.51. The van der Waals surface area contributed by atoms with Crippen LogP contribution in [0.1, 0.15) is 40.0 Å². The van der Waals surface area contributed by atoms with Gasteiger partial charge in [0.05, 0.1) is 11.2 Å². The molecular weight excluding hydrogens is 251 g/mol. The van der Waals surface area contributed by atoms with Crippen molar-refractivity contribution >= 4 is 5.69 Å². The van der Waals surface area contributed by atoms with Gasteiger partial charge in [0.1, 0.15) is 5.82 Å². The van der Waals surface area contributed by atoms with Crippen LogP contribution in [-0.4, -0.2) is 19.1 Å². The van der Waals surface area contributed by atoms with Crippen LogP contribution in [0.25, 0.3) is 0 Å². The van der Waals surface area contributed by atoms with Gasteiger partial charge in [0.2, 0.25) is 0 Å². The van der Waals surface area contributed by atoms with Gasteiger partial charge in [-0.05, 0) is 42.7 Å². The van der Waals surface area contributed by atoms with E-state index in [9.17, 15) is 4.39 Å². The Morgan fingerprint density at radius 3 is 2.50 bits per heavy atom. The molecule has 0 amide bonds. The Kier molecular flexibility index (Phi) is 4.10. The molecule has 1 aromatic carbocycles. The Labute approximate surface area is 122 Å². The summed E-state index contributed by atoms with van der Waals surface area (Å²) in [6.45, 7) is 7.44. The number of nitrogens with two attached hydrogens (primary N) is 1. The molecule has 0 bridgehead atoms. The second-order valence-electron chi connectivity index (χ2n) is 7.09. The smallest absolute Gasteiger partial charge is 0.146 e. The average Bonchev–Trinajstić information content (AvgIpc) is 2.38. The number of para-hydroxylation sites is 1. The second kappa shape index (κ2) is 5.36. The van der Waals surface area contributed by atoms with E-state index in [4.69, 9.17) is 5.73 Å². The van der Waals surface area contributed by atoms with Crippen molar-refractivity contribution in [2.75, 3.05) is 18.5 Å². The lowest BCUT2D eigenvalue weighted by atomic mass is 9.63. The third-order valence-electron chi connectivity index (χ3n) is 5.25. The van der Waals surface area contributed by atoms with Gasteiger partial charge < -0.3 is 10.6 Å². The minimum absolute atomic E-state index is 0.141. The molecule has 112 valence electrons. The molecule has 0 aliphatic heterocycles. The van der Waals surface area contributed by atoms with Crippen molar-refractivity contribution < 1.29 is 4.39 Å². The topological polar surface area (TPSA) is 29.3 Å². The number of halogens is 1. The molecule has 1 aliphatic rings. The highest BCUT2D eigenvalue weighted by Crippen LogP contribution is 2.47. The molecule has 2 N–H and O–H groups in total. The first-order chi connectivity index (χ1) is 9.32. The van der Waals surface area contributed by atoms with Gasteiger partial charge in [-0.1, -0.05) is 32.9 Å². The number of hydrogen-bond donors (Lipinski definition) is 1. The summed E-state index contributed by atoms with van der Waals surface area (Å²) >= 11 is 0. The van der Waals surface area contributed by atoms with Gasteiger partial charge in [0, 0.05) is 13.6 Å². The predicted molar refractivity (Wildman–Crippen MR) is 83.4 cm³/mol. The van der Waals surface area contributed by atoms with Crippen molar-refractivity contribution in [2.45, 2.75) is 45.6 Å². The van der Waals surface area contributed by atoms with Crippen molar-refractivity contribution in [3.05, 3.63) is 30.1 Å². The van der Waals surface area contributed by atoms with Crippen molar-refractivity contribution in [1.82, 2.24) is 0 Å². The maximum Gasteiger partial charge on any atom is 0.146 e. The molecule has 2 rings (SSSR count). The fourth-order valence-corrected chi connectivity index (χ4v) is 3.82. The maximum atomic E-state index is 14.1. The lowest BCUT2D eigenvalue weighted by Crippen LogP contribution is -2.60. The standard InChI is InChI=1S/C17H27FN2/c1-13-11-16(2,3)9-10-17(13,12-19)20(4)15-8-6-5-7-14(15)18/h5-8,13H,9-12,19H2,1-4H3. The number of rotatable bonds is 3. The summed E-state index contributed by atoms with van der Waals surface area (Å²) in [7, 11) is 1.99. The second-order valence-corrected chi connectivity index (χ2v) is 7.09. The molecule has 2 nitrogen and oxygen atoms in total. The molecule has 0 spiro atoms. The zero-order valence-electron chi connectivity index (χ0n) is 13.1. The van der Waals surface area contributed by atoms with Crippen molar-refractivity contribution in [3.63, 3.8) is 0 Å². The Morgan fingerprint density at radius 2 is 1.95 bits per heavy atom. The third kappa shape index (κ3) is 2.56. The number of hydrogen-bond acceptors (Lipinski definition) is 2. The molecule has 0 heterocycles. The van der Waals surface area contributed by atoms with Crippen LogP contribution in [0.5, 0.6) is 0 Å². The minimum atomic E-state index is -0.167. The van der Waals surface area contributed by atoms with Crippen LogP contribution in [0, 0.1) is 17.2 Å². The van der Waals surface area contributed by atoms with E-state index in [2.05, 4.69) is 25.7 Å². The summed E-state index contributed by atoms with van der Waals surface area (Å²) in [6.07, 6.45) is 3.28. The van der Waals surface area contributed by atoms with E-state index >= 15 is 0 Å². The van der Waals surface area contributed by atoms with Crippen LogP contribution >= 0.6 is 0 Å². The Bertz CT molecular complexity index is 472. The van der Waals surface area contributed by atoms with E-state index in [0.717, 1.165) is 19.3 Å². The molecule has 0 saturated heterocycles. The van der Waals surface area contributed by atoms with Crippen LogP contribution in [0.2, 0.25) is 0 Å². The highest BCUT2D eigenvalue weighted by molar-refractivity contribution is 5.50. The van der Waals surface area contributed by atoms with Gasteiger partial charge >= 0.3 is 0 Å². The zero-order valence-corrected chi connectivity index (χ0v) is 13.1. The monoisotopic (exact) mass is 278 g/mol. The molecule has 2 atom stereocenters. The predicted octanol–water partition coefficient (Wildman–Crippen LogP) is 3.81. The molecule has 1 saturated carbocycles. The van der Waals surface area contributed by atoms with Crippen LogP contribution < -0.4 is 10.6 Å². The summed E-state index contributed by atoms with van der Waals surface area (Å²) in [5.74, 6) is 0.278. The fourth-order valence-electron chi connectivity index (χ4n) is 3.82. The van der Waals surface area contributed by atoms with Gasteiger partial charge in [-0.3, -0.25) is 0 Å². The Balaban J connectivity index is 2.34. The number of benzene rings is 1.